The van der Waals surface area contributed by atoms with Gasteiger partial charge in [0.15, 0.2) is 0 Å². The van der Waals surface area contributed by atoms with Gasteiger partial charge in [0.2, 0.25) is 5.82 Å². The molecule has 1 aromatic heterocycles. The summed E-state index contributed by atoms with van der Waals surface area (Å²) in [6, 6.07) is 1.72. The molecule has 18 heavy (non-hydrogen) atoms. The Morgan fingerprint density at radius 2 is 2.44 bits per heavy atom. The van der Waals surface area contributed by atoms with Gasteiger partial charge in [0.05, 0.1) is 4.92 Å². The summed E-state index contributed by atoms with van der Waals surface area (Å²) in [6.07, 6.45) is 2.54. The summed E-state index contributed by atoms with van der Waals surface area (Å²) in [5, 5.41) is 11.1. The summed E-state index contributed by atoms with van der Waals surface area (Å²) in [7, 11) is 0. The van der Waals surface area contributed by atoms with E-state index in [1.165, 1.54) is 6.07 Å². The van der Waals surface area contributed by atoms with Gasteiger partial charge >= 0.3 is 5.69 Å². The number of aromatic nitrogens is 1. The third kappa shape index (κ3) is 2.46. The van der Waals surface area contributed by atoms with Crippen LogP contribution in [-0.2, 0) is 0 Å². The van der Waals surface area contributed by atoms with Crippen LogP contribution in [0, 0.1) is 16.0 Å². The van der Waals surface area contributed by atoms with E-state index in [-0.39, 0.29) is 11.7 Å². The van der Waals surface area contributed by atoms with Crippen LogP contribution in [0.15, 0.2) is 16.7 Å². The highest BCUT2D eigenvalue weighted by molar-refractivity contribution is 9.10. The first kappa shape index (κ1) is 13.2. The number of nitrogens with two attached hydrogens (primary N) is 1. The second-order valence-corrected chi connectivity index (χ2v) is 5.51. The molecule has 2 rings (SSSR count). The highest BCUT2D eigenvalue weighted by atomic mass is 79.9. The average Bonchev–Trinajstić information content (AvgIpc) is 2.70. The maximum Gasteiger partial charge on any atom is 0.312 e. The van der Waals surface area contributed by atoms with Gasteiger partial charge in [0, 0.05) is 29.3 Å². The molecule has 2 unspecified atom stereocenters. The summed E-state index contributed by atoms with van der Waals surface area (Å²) in [4.78, 5) is 16.9. The van der Waals surface area contributed by atoms with Crippen LogP contribution in [0.4, 0.5) is 11.5 Å². The van der Waals surface area contributed by atoms with E-state index < -0.39 is 4.92 Å². The zero-order chi connectivity index (χ0) is 13.3. The molecule has 0 bridgehead atoms. The predicted molar refractivity (Wildman–Crippen MR) is 72.6 cm³/mol. The standard InChI is InChI=1S/C11H15BrN4O2/c1-7-2-8(4-13)6-15(7)11-10(16(17)18)3-9(12)5-14-11/h3,5,7-8H,2,4,6,13H2,1H3. The second kappa shape index (κ2) is 5.19. The maximum atomic E-state index is 11.1. The Kier molecular flexibility index (Phi) is 3.82. The first-order chi connectivity index (χ1) is 8.52. The fraction of sp³-hybridized carbons (Fsp3) is 0.545. The molecule has 2 atom stereocenters. The zero-order valence-corrected chi connectivity index (χ0v) is 11.6. The first-order valence-corrected chi connectivity index (χ1v) is 6.59. The number of halogens is 1. The van der Waals surface area contributed by atoms with Crippen molar-refractivity contribution in [2.45, 2.75) is 19.4 Å². The highest BCUT2D eigenvalue weighted by Gasteiger charge is 2.33. The van der Waals surface area contributed by atoms with Gasteiger partial charge in [-0.05, 0) is 41.7 Å². The molecule has 0 aromatic carbocycles. The van der Waals surface area contributed by atoms with Crippen molar-refractivity contribution >= 4 is 27.4 Å². The van der Waals surface area contributed by atoms with Gasteiger partial charge in [-0.2, -0.15) is 0 Å². The molecule has 0 radical (unpaired) electrons. The normalized spacial score (nSPS) is 23.4. The highest BCUT2D eigenvalue weighted by Crippen LogP contribution is 2.34. The monoisotopic (exact) mass is 314 g/mol. The number of pyridine rings is 1. The van der Waals surface area contributed by atoms with Crippen LogP contribution in [0.3, 0.4) is 0 Å². The molecule has 0 aliphatic carbocycles. The van der Waals surface area contributed by atoms with E-state index in [0.717, 1.165) is 13.0 Å². The Hall–Kier alpha value is -1.21. The van der Waals surface area contributed by atoms with E-state index in [2.05, 4.69) is 20.9 Å². The lowest BCUT2D eigenvalue weighted by molar-refractivity contribution is -0.384. The fourth-order valence-electron chi connectivity index (χ4n) is 2.39. The summed E-state index contributed by atoms with van der Waals surface area (Å²) in [6.45, 7) is 3.38. The molecule has 1 aliphatic heterocycles. The van der Waals surface area contributed by atoms with Crippen LogP contribution in [0.25, 0.3) is 0 Å². The van der Waals surface area contributed by atoms with E-state index in [9.17, 15) is 10.1 Å². The minimum absolute atomic E-state index is 0.0360. The van der Waals surface area contributed by atoms with Crippen molar-refractivity contribution < 1.29 is 4.92 Å². The minimum Gasteiger partial charge on any atom is -0.348 e. The molecule has 1 aromatic rings. The molecule has 6 nitrogen and oxygen atoms in total. The predicted octanol–water partition coefficient (Wildman–Crippen LogP) is 1.93. The van der Waals surface area contributed by atoms with E-state index >= 15 is 0 Å². The molecule has 1 saturated heterocycles. The van der Waals surface area contributed by atoms with Crippen molar-refractivity contribution in [3.05, 3.63) is 26.9 Å². The SMILES string of the molecule is CC1CC(CN)CN1c1ncc(Br)cc1[N+](=O)[O-]. The number of anilines is 1. The number of hydrogen-bond acceptors (Lipinski definition) is 5. The molecular weight excluding hydrogens is 300 g/mol. The zero-order valence-electron chi connectivity index (χ0n) is 10.0. The summed E-state index contributed by atoms with van der Waals surface area (Å²) >= 11 is 3.21. The molecule has 1 aliphatic rings. The van der Waals surface area contributed by atoms with Crippen molar-refractivity contribution in [2.75, 3.05) is 18.0 Å². The van der Waals surface area contributed by atoms with Gasteiger partial charge in [-0.15, -0.1) is 0 Å². The Labute approximate surface area is 113 Å². The van der Waals surface area contributed by atoms with Gasteiger partial charge in [-0.3, -0.25) is 10.1 Å². The van der Waals surface area contributed by atoms with Crippen molar-refractivity contribution in [1.82, 2.24) is 4.98 Å². The largest absolute Gasteiger partial charge is 0.348 e. The second-order valence-electron chi connectivity index (χ2n) is 4.59. The molecule has 2 heterocycles. The van der Waals surface area contributed by atoms with Crippen LogP contribution < -0.4 is 10.6 Å². The smallest absolute Gasteiger partial charge is 0.312 e. The van der Waals surface area contributed by atoms with Crippen LogP contribution >= 0.6 is 15.9 Å². The molecular formula is C11H15BrN4O2. The molecule has 0 amide bonds. The van der Waals surface area contributed by atoms with Crippen LogP contribution in [0.1, 0.15) is 13.3 Å². The van der Waals surface area contributed by atoms with E-state index in [4.69, 9.17) is 5.73 Å². The number of nitro groups is 1. The lowest BCUT2D eigenvalue weighted by atomic mass is 10.1. The van der Waals surface area contributed by atoms with E-state index in [1.54, 1.807) is 6.20 Å². The average molecular weight is 315 g/mol. The Bertz CT molecular complexity index is 468. The third-order valence-corrected chi connectivity index (χ3v) is 3.71. The lowest BCUT2D eigenvalue weighted by Gasteiger charge is -2.22. The maximum absolute atomic E-state index is 11.1. The van der Waals surface area contributed by atoms with Crippen molar-refractivity contribution in [2.24, 2.45) is 11.7 Å². The van der Waals surface area contributed by atoms with E-state index in [0.29, 0.717) is 22.8 Å². The van der Waals surface area contributed by atoms with Gasteiger partial charge in [0.25, 0.3) is 0 Å². The van der Waals surface area contributed by atoms with E-state index in [1.807, 2.05) is 11.8 Å². The molecule has 0 spiro atoms. The third-order valence-electron chi connectivity index (χ3n) is 3.28. The fourth-order valence-corrected chi connectivity index (χ4v) is 2.70. The quantitative estimate of drug-likeness (QED) is 0.680. The lowest BCUT2D eigenvalue weighted by Crippen LogP contribution is -2.29. The Morgan fingerprint density at radius 3 is 3.00 bits per heavy atom. The van der Waals surface area contributed by atoms with Crippen LogP contribution in [0.2, 0.25) is 0 Å². The number of hydrogen-bond donors (Lipinski definition) is 1. The van der Waals surface area contributed by atoms with Gasteiger partial charge in [0.1, 0.15) is 0 Å². The topological polar surface area (TPSA) is 85.3 Å². The van der Waals surface area contributed by atoms with Crippen LogP contribution in [-0.4, -0.2) is 29.0 Å². The molecule has 0 saturated carbocycles. The molecule has 1 fully saturated rings. The molecule has 98 valence electrons. The number of rotatable bonds is 3. The molecule has 2 N–H and O–H groups in total. The summed E-state index contributed by atoms with van der Waals surface area (Å²) < 4.78 is 0.611. The van der Waals surface area contributed by atoms with Gasteiger partial charge < -0.3 is 10.6 Å². The van der Waals surface area contributed by atoms with Crippen molar-refractivity contribution in [3.8, 4) is 0 Å². The van der Waals surface area contributed by atoms with Crippen LogP contribution in [0.5, 0.6) is 0 Å². The Morgan fingerprint density at radius 1 is 1.72 bits per heavy atom. The Balaban J connectivity index is 2.36. The molecule has 7 heteroatoms. The summed E-state index contributed by atoms with van der Waals surface area (Å²) in [5.41, 5.74) is 5.71. The van der Waals surface area contributed by atoms with Gasteiger partial charge in [-0.1, -0.05) is 0 Å². The first-order valence-electron chi connectivity index (χ1n) is 5.79. The van der Waals surface area contributed by atoms with Gasteiger partial charge in [-0.25, -0.2) is 4.98 Å². The minimum atomic E-state index is -0.393. The summed E-state index contributed by atoms with van der Waals surface area (Å²) in [5.74, 6) is 0.816. The number of nitrogens with zero attached hydrogens (tertiary/aromatic N) is 3. The van der Waals surface area contributed by atoms with Crippen molar-refractivity contribution in [3.63, 3.8) is 0 Å². The van der Waals surface area contributed by atoms with Crippen molar-refractivity contribution in [1.29, 1.82) is 0 Å².